The number of ether oxygens (including phenoxy) is 1. The standard InChI is InChI=1S/C33H24F4N6O5S.C32H23F3N6O4S/c1-38-32(44)29-20-11-19(22-8-9-23-30(41-22)26-12-18-21(34)5-4-6-24(18)43(26)16-40-23)25(42(2)49(3,45)46)13-27(20)48-31(29)17-7-10-28(39-14-17)47-15-33(35,36)37;1-36-32(42)28-19-11-18(21-9-10-22-29(39-21)26-12-17-20(33)5-4-6-24(17)41(26)15-38-22)25(40(2)46(3,43)44)13-27(19)45-30(28)16-7-8-23(31(34)35)37-14-16/h4-14,16H,15H2,1-3H3,(H,38,44);4-15,31H,1-3H3,(H,36,42). The quantitative estimate of drug-likeness (QED) is 0.102. The molecule has 30 heteroatoms. The van der Waals surface area contributed by atoms with Gasteiger partial charge in [0.2, 0.25) is 25.9 Å². The number of furan rings is 2. The molecule has 0 radical (unpaired) electrons. The number of sulfonamides is 2. The Hall–Kier alpha value is -11.3. The van der Waals surface area contributed by atoms with E-state index in [1.54, 1.807) is 94.3 Å². The van der Waals surface area contributed by atoms with Crippen molar-refractivity contribution in [3.05, 3.63) is 175 Å². The number of pyridine rings is 4. The van der Waals surface area contributed by atoms with Gasteiger partial charge >= 0.3 is 6.18 Å². The van der Waals surface area contributed by atoms with Crippen LogP contribution in [0.5, 0.6) is 5.88 Å². The van der Waals surface area contributed by atoms with Crippen LogP contribution in [0.4, 0.5) is 42.1 Å². The number of alkyl halides is 5. The summed E-state index contributed by atoms with van der Waals surface area (Å²) in [5, 5.41) is 6.52. The fourth-order valence-corrected chi connectivity index (χ4v) is 12.2. The Balaban J connectivity index is 0.000000172. The molecule has 0 aliphatic heterocycles. The predicted molar refractivity (Wildman–Crippen MR) is 343 cm³/mol. The fourth-order valence-electron chi connectivity index (χ4n) is 11.2. The minimum Gasteiger partial charge on any atom is -0.468 e. The van der Waals surface area contributed by atoms with Crippen molar-refractivity contribution in [2.75, 3.05) is 55.9 Å². The molecule has 14 rings (SSSR count). The highest BCUT2D eigenvalue weighted by Crippen LogP contribution is 2.44. The molecule has 0 spiro atoms. The number of halogens is 7. The van der Waals surface area contributed by atoms with Crippen molar-refractivity contribution in [3.63, 3.8) is 0 Å². The molecule has 482 valence electrons. The van der Waals surface area contributed by atoms with Crippen molar-refractivity contribution in [2.24, 2.45) is 0 Å². The maximum Gasteiger partial charge on any atom is 0.422 e. The SMILES string of the molecule is CNC(=O)c1c(-c2ccc(C(F)F)nc2)oc2cc(N(C)S(C)(=O)=O)c(-c3ccc4ncn5c6cccc(F)c6cc5c4n3)cc12.CNC(=O)c1c(-c2ccc(OCC(F)(F)F)nc2)oc2cc(N(C)S(C)(=O)=O)c(-c3ccc4ncn5c6cccc(F)c6cc5c4n3)cc12. The van der Waals surface area contributed by atoms with Crippen molar-refractivity contribution in [1.82, 2.24) is 49.3 Å². The molecule has 0 saturated carbocycles. The largest absolute Gasteiger partial charge is 0.468 e. The normalized spacial score (nSPS) is 12.2. The lowest BCUT2D eigenvalue weighted by Gasteiger charge is -2.20. The second-order valence-electron chi connectivity index (χ2n) is 21.8. The minimum atomic E-state index is -4.56. The summed E-state index contributed by atoms with van der Waals surface area (Å²) in [6, 6.07) is 30.8. The van der Waals surface area contributed by atoms with E-state index in [2.05, 4.69) is 30.6 Å². The molecular formula is C65H47F7N12O9S2. The van der Waals surface area contributed by atoms with Crippen LogP contribution in [0.2, 0.25) is 0 Å². The Labute approximate surface area is 532 Å². The van der Waals surface area contributed by atoms with E-state index in [4.69, 9.17) is 23.5 Å². The number of nitrogens with one attached hydrogen (secondary N) is 2. The van der Waals surface area contributed by atoms with Crippen molar-refractivity contribution in [3.8, 4) is 51.0 Å². The van der Waals surface area contributed by atoms with Gasteiger partial charge in [-0.05, 0) is 91.0 Å². The monoisotopic (exact) mass is 1340 g/mol. The first kappa shape index (κ1) is 62.5. The van der Waals surface area contributed by atoms with E-state index in [1.165, 1.54) is 83.0 Å². The molecule has 10 aromatic heterocycles. The van der Waals surface area contributed by atoms with Crippen molar-refractivity contribution in [2.45, 2.75) is 12.6 Å². The summed E-state index contributed by atoms with van der Waals surface area (Å²) in [7, 11) is -2.05. The fraction of sp³-hybridized carbons (Fsp3) is 0.138. The molecule has 0 unspecified atom stereocenters. The van der Waals surface area contributed by atoms with E-state index in [0.29, 0.717) is 88.2 Å². The van der Waals surface area contributed by atoms with E-state index >= 15 is 0 Å². The highest BCUT2D eigenvalue weighted by atomic mass is 32.2. The van der Waals surface area contributed by atoms with Crippen molar-refractivity contribution >= 4 is 120 Å². The molecule has 14 aromatic rings. The number of aromatic nitrogens is 8. The number of fused-ring (bicyclic) bond motifs is 12. The molecule has 0 bridgehead atoms. The molecule has 21 nitrogen and oxygen atoms in total. The van der Waals surface area contributed by atoms with E-state index in [1.807, 2.05) is 0 Å². The second kappa shape index (κ2) is 23.4. The van der Waals surface area contributed by atoms with Gasteiger partial charge in [0.15, 0.2) is 6.61 Å². The van der Waals surface area contributed by atoms with E-state index < -0.39 is 68.4 Å². The van der Waals surface area contributed by atoms with Gasteiger partial charge in [0.1, 0.15) is 63.7 Å². The number of anilines is 2. The van der Waals surface area contributed by atoms with Crippen molar-refractivity contribution in [1.29, 1.82) is 0 Å². The summed E-state index contributed by atoms with van der Waals surface area (Å²) in [6.07, 6.45) is 0.273. The first-order valence-electron chi connectivity index (χ1n) is 28.3. The van der Waals surface area contributed by atoms with Crippen LogP contribution in [-0.4, -0.2) is 121 Å². The summed E-state index contributed by atoms with van der Waals surface area (Å²) >= 11 is 0. The molecule has 10 heterocycles. The van der Waals surface area contributed by atoms with E-state index in [-0.39, 0.29) is 62.2 Å². The molecule has 0 aliphatic carbocycles. The lowest BCUT2D eigenvalue weighted by molar-refractivity contribution is -0.154. The van der Waals surface area contributed by atoms with Gasteiger partial charge in [-0.15, -0.1) is 0 Å². The van der Waals surface area contributed by atoms with Gasteiger partial charge < -0.3 is 24.2 Å². The first-order valence-corrected chi connectivity index (χ1v) is 32.0. The smallest absolute Gasteiger partial charge is 0.422 e. The third-order valence-electron chi connectivity index (χ3n) is 15.9. The van der Waals surface area contributed by atoms with E-state index in [9.17, 15) is 57.2 Å². The van der Waals surface area contributed by atoms with Gasteiger partial charge in [-0.1, -0.05) is 12.1 Å². The molecule has 0 saturated heterocycles. The van der Waals surface area contributed by atoms with Crippen LogP contribution < -0.4 is 24.0 Å². The Morgan fingerprint density at radius 3 is 1.42 bits per heavy atom. The molecule has 2 N–H and O–H groups in total. The Morgan fingerprint density at radius 1 is 0.579 bits per heavy atom. The number of amides is 2. The molecule has 0 atom stereocenters. The molecule has 95 heavy (non-hydrogen) atoms. The van der Waals surface area contributed by atoms with Gasteiger partial charge in [0.25, 0.3) is 18.2 Å². The van der Waals surface area contributed by atoms with Crippen molar-refractivity contribution < 1.29 is 70.7 Å². The lowest BCUT2D eigenvalue weighted by Crippen LogP contribution is -2.25. The van der Waals surface area contributed by atoms with E-state index in [0.717, 1.165) is 27.2 Å². The first-order chi connectivity index (χ1) is 45.2. The molecule has 0 aliphatic rings. The summed E-state index contributed by atoms with van der Waals surface area (Å²) in [4.78, 5) is 53.0. The third kappa shape index (κ3) is 11.3. The summed E-state index contributed by atoms with van der Waals surface area (Å²) in [5.74, 6) is -2.08. The van der Waals surface area contributed by atoms with Gasteiger partial charge in [-0.3, -0.25) is 32.0 Å². The number of carbonyl (C=O) groups is 2. The average Bonchev–Trinajstić information content (AvgIpc) is 1.67. The molecular weight excluding hydrogens is 1290 g/mol. The van der Waals surface area contributed by atoms with Gasteiger partial charge in [-0.25, -0.2) is 59.3 Å². The minimum absolute atomic E-state index is 0.0358. The number of rotatable bonds is 13. The maximum atomic E-state index is 14.7. The zero-order valence-corrected chi connectivity index (χ0v) is 51.9. The van der Waals surface area contributed by atoms with Crippen LogP contribution in [0.3, 0.4) is 0 Å². The number of nitrogens with zero attached hydrogens (tertiary/aromatic N) is 10. The predicted octanol–water partition coefficient (Wildman–Crippen LogP) is 12.7. The molecule has 4 aromatic carbocycles. The van der Waals surface area contributed by atoms with Gasteiger partial charge in [-0.2, -0.15) is 13.2 Å². The van der Waals surface area contributed by atoms with Crippen LogP contribution in [0.1, 0.15) is 32.8 Å². The lowest BCUT2D eigenvalue weighted by atomic mass is 10.0. The number of hydrogen-bond acceptors (Lipinski definition) is 15. The third-order valence-corrected chi connectivity index (χ3v) is 18.3. The van der Waals surface area contributed by atoms with Crippen LogP contribution >= 0.6 is 0 Å². The van der Waals surface area contributed by atoms with Crippen LogP contribution in [0.15, 0.2) is 155 Å². The number of carbonyl (C=O) groups excluding carboxylic acids is 2. The molecule has 2 amide bonds. The topological polar surface area (TPSA) is 255 Å². The Kier molecular flexibility index (Phi) is 15.4. The van der Waals surface area contributed by atoms with Crippen LogP contribution in [0.25, 0.3) is 122 Å². The summed E-state index contributed by atoms with van der Waals surface area (Å²) in [5.41, 5.74) is 6.46. The Morgan fingerprint density at radius 2 is 1.03 bits per heavy atom. The summed E-state index contributed by atoms with van der Waals surface area (Å²) < 4.78 is 167. The zero-order valence-electron chi connectivity index (χ0n) is 50.2. The number of benzene rings is 4. The highest BCUT2D eigenvalue weighted by molar-refractivity contribution is 7.92. The maximum absolute atomic E-state index is 14.7. The second-order valence-corrected chi connectivity index (χ2v) is 25.8. The summed E-state index contributed by atoms with van der Waals surface area (Å²) in [6.45, 7) is -1.53. The molecule has 0 fully saturated rings. The number of hydrogen-bond donors (Lipinski definition) is 2. The zero-order chi connectivity index (χ0) is 67.3. The van der Waals surface area contributed by atoms with Gasteiger partial charge in [0.05, 0.1) is 79.5 Å². The van der Waals surface area contributed by atoms with Crippen LogP contribution in [0, 0.1) is 11.6 Å². The average molecular weight is 1340 g/mol. The van der Waals surface area contributed by atoms with Crippen LogP contribution in [-0.2, 0) is 20.0 Å². The Bertz CT molecular complexity index is 5750. The van der Waals surface area contributed by atoms with Gasteiger partial charge in [0, 0.05) is 103 Å². The highest BCUT2D eigenvalue weighted by Gasteiger charge is 2.31.